The summed E-state index contributed by atoms with van der Waals surface area (Å²) in [6.45, 7) is 4.18. The smallest absolute Gasteiger partial charge is 0.272 e. The number of benzene rings is 2. The van der Waals surface area contributed by atoms with Crippen LogP contribution in [0.4, 0.5) is 15.9 Å². The van der Waals surface area contributed by atoms with E-state index in [0.717, 1.165) is 32.4 Å². The topological polar surface area (TPSA) is 92.2 Å². The van der Waals surface area contributed by atoms with Gasteiger partial charge in [-0.3, -0.25) is 14.6 Å². The van der Waals surface area contributed by atoms with Crippen molar-refractivity contribution >= 4 is 34.9 Å². The maximum absolute atomic E-state index is 13.6. The number of piperidine rings is 1. The second-order valence-corrected chi connectivity index (χ2v) is 10.2. The largest absolute Gasteiger partial charge is 0.371 e. The van der Waals surface area contributed by atoms with Crippen LogP contribution in [0.2, 0.25) is 5.02 Å². The lowest BCUT2D eigenvalue weighted by atomic mass is 9.93. The van der Waals surface area contributed by atoms with Crippen LogP contribution >= 0.6 is 11.6 Å². The number of nitrogens with zero attached hydrogens (tertiary/aromatic N) is 4. The average molecular weight is 561 g/mol. The van der Waals surface area contributed by atoms with Gasteiger partial charge in [0.1, 0.15) is 11.6 Å². The van der Waals surface area contributed by atoms with Crippen molar-refractivity contribution in [2.75, 3.05) is 29.9 Å². The molecule has 2 amide bonds. The van der Waals surface area contributed by atoms with Crippen LogP contribution in [-0.2, 0) is 0 Å². The second-order valence-electron chi connectivity index (χ2n) is 9.82. The lowest BCUT2D eigenvalue weighted by Crippen LogP contribution is -2.35. The molecule has 0 unspecified atom stereocenters. The molecular formula is C30H30ClFN6O2. The minimum absolute atomic E-state index is 0.186. The van der Waals surface area contributed by atoms with E-state index in [1.54, 1.807) is 31.2 Å². The molecule has 8 nitrogen and oxygen atoms in total. The Morgan fingerprint density at radius 2 is 1.68 bits per heavy atom. The van der Waals surface area contributed by atoms with Crippen molar-refractivity contribution < 1.29 is 14.0 Å². The van der Waals surface area contributed by atoms with Crippen LogP contribution in [0.25, 0.3) is 5.69 Å². The van der Waals surface area contributed by atoms with Crippen LogP contribution in [0.5, 0.6) is 0 Å². The minimum atomic E-state index is -0.443. The first-order valence-electron chi connectivity index (χ1n) is 13.3. The number of hydrogen-bond donors (Lipinski definition) is 2. The van der Waals surface area contributed by atoms with Crippen LogP contribution in [-0.4, -0.2) is 46.2 Å². The zero-order valence-electron chi connectivity index (χ0n) is 22.1. The molecule has 0 saturated carbocycles. The number of carbonyl (C=O) groups excluding carboxylic acids is 2. The van der Waals surface area contributed by atoms with E-state index in [1.807, 2.05) is 24.5 Å². The number of aromatic nitrogens is 3. The van der Waals surface area contributed by atoms with Crippen molar-refractivity contribution in [2.45, 2.75) is 26.2 Å². The van der Waals surface area contributed by atoms with E-state index in [4.69, 9.17) is 11.6 Å². The van der Waals surface area contributed by atoms with Crippen LogP contribution in [0.15, 0.2) is 73.1 Å². The monoisotopic (exact) mass is 560 g/mol. The number of halogens is 2. The van der Waals surface area contributed by atoms with E-state index in [1.165, 1.54) is 34.6 Å². The average Bonchev–Trinajstić information content (AvgIpc) is 3.30. The van der Waals surface area contributed by atoms with E-state index < -0.39 is 11.7 Å². The van der Waals surface area contributed by atoms with Crippen molar-refractivity contribution in [1.29, 1.82) is 0 Å². The Balaban J connectivity index is 1.27. The molecule has 4 aromatic rings. The predicted molar refractivity (Wildman–Crippen MR) is 154 cm³/mol. The molecular weight excluding hydrogens is 531 g/mol. The molecule has 206 valence electrons. The number of nitrogens with one attached hydrogen (secondary N) is 2. The third kappa shape index (κ3) is 6.15. The number of amides is 2. The van der Waals surface area contributed by atoms with Gasteiger partial charge in [0.05, 0.1) is 16.3 Å². The maximum atomic E-state index is 13.6. The van der Waals surface area contributed by atoms with Gasteiger partial charge in [-0.15, -0.1) is 0 Å². The van der Waals surface area contributed by atoms with Gasteiger partial charge < -0.3 is 15.5 Å². The highest BCUT2D eigenvalue weighted by atomic mass is 35.5. The standard InChI is InChI=1S/C30H30ClFN6O2/c1-20-27(30(40)34-17-10-21-13-18-37(19-14-21)23-11-15-33-16-12-23)36-38(24-8-6-22(32)7-9-24)28(20)35-29(39)25-4-2-3-5-26(25)31/h2-9,11-12,15-16,21H,10,13-14,17-19H2,1H3,(H,34,40)(H,35,39). The van der Waals surface area contributed by atoms with E-state index in [9.17, 15) is 14.0 Å². The molecule has 1 aliphatic rings. The maximum Gasteiger partial charge on any atom is 0.272 e. The highest BCUT2D eigenvalue weighted by molar-refractivity contribution is 6.34. The summed E-state index contributed by atoms with van der Waals surface area (Å²) in [5, 5.41) is 10.7. The van der Waals surface area contributed by atoms with Crippen molar-refractivity contribution in [3.63, 3.8) is 0 Å². The summed E-state index contributed by atoms with van der Waals surface area (Å²) in [5.41, 5.74) is 2.65. The van der Waals surface area contributed by atoms with Gasteiger partial charge in [0.2, 0.25) is 0 Å². The van der Waals surface area contributed by atoms with Gasteiger partial charge in [0.15, 0.2) is 5.69 Å². The Kier molecular flexibility index (Phi) is 8.40. The number of pyridine rings is 1. The molecule has 40 heavy (non-hydrogen) atoms. The summed E-state index contributed by atoms with van der Waals surface area (Å²) >= 11 is 6.22. The first kappa shape index (κ1) is 27.3. The number of anilines is 2. The molecule has 10 heteroatoms. The zero-order valence-corrected chi connectivity index (χ0v) is 22.9. The van der Waals surface area contributed by atoms with Crippen LogP contribution < -0.4 is 15.5 Å². The molecule has 1 aliphatic heterocycles. The summed E-state index contributed by atoms with van der Waals surface area (Å²) in [4.78, 5) is 32.7. The molecule has 1 saturated heterocycles. The van der Waals surface area contributed by atoms with Crippen LogP contribution in [0.1, 0.15) is 45.7 Å². The quantitative estimate of drug-likeness (QED) is 0.290. The van der Waals surface area contributed by atoms with Gasteiger partial charge in [-0.25, -0.2) is 9.07 Å². The molecule has 2 aromatic carbocycles. The van der Waals surface area contributed by atoms with Gasteiger partial charge in [0.25, 0.3) is 11.8 Å². The highest BCUT2D eigenvalue weighted by Gasteiger charge is 2.24. The molecule has 0 spiro atoms. The summed E-state index contributed by atoms with van der Waals surface area (Å²) in [6.07, 6.45) is 6.58. The number of rotatable bonds is 8. The van der Waals surface area contributed by atoms with E-state index in [2.05, 4.69) is 25.6 Å². The van der Waals surface area contributed by atoms with Crippen molar-refractivity contribution in [1.82, 2.24) is 20.1 Å². The molecule has 0 radical (unpaired) electrons. The van der Waals surface area contributed by atoms with Gasteiger partial charge in [-0.05, 0) is 80.6 Å². The first-order valence-corrected chi connectivity index (χ1v) is 13.6. The lowest BCUT2D eigenvalue weighted by Gasteiger charge is -2.33. The predicted octanol–water partition coefficient (Wildman–Crippen LogP) is 5.66. The van der Waals surface area contributed by atoms with Gasteiger partial charge in [-0.2, -0.15) is 5.10 Å². The Bertz CT molecular complexity index is 1480. The SMILES string of the molecule is Cc1c(C(=O)NCCC2CCN(c3ccncc3)CC2)nn(-c2ccc(F)cc2)c1NC(=O)c1ccccc1Cl. The Labute approximate surface area is 237 Å². The van der Waals surface area contributed by atoms with E-state index in [0.29, 0.717) is 34.6 Å². The summed E-state index contributed by atoms with van der Waals surface area (Å²) in [6, 6.07) is 16.4. The first-order chi connectivity index (χ1) is 19.4. The van der Waals surface area contributed by atoms with E-state index in [-0.39, 0.29) is 17.2 Å². The molecule has 2 aromatic heterocycles. The molecule has 2 N–H and O–H groups in total. The summed E-state index contributed by atoms with van der Waals surface area (Å²) < 4.78 is 15.0. The lowest BCUT2D eigenvalue weighted by molar-refractivity contribution is 0.0943. The van der Waals surface area contributed by atoms with Crippen molar-refractivity contribution in [3.05, 3.63) is 101 Å². The number of hydrogen-bond acceptors (Lipinski definition) is 5. The summed E-state index contributed by atoms with van der Waals surface area (Å²) in [5.74, 6) is -0.353. The molecule has 0 aliphatic carbocycles. The third-order valence-electron chi connectivity index (χ3n) is 7.24. The van der Waals surface area contributed by atoms with Gasteiger partial charge in [0, 0.05) is 43.3 Å². The van der Waals surface area contributed by atoms with Crippen LogP contribution in [0, 0.1) is 18.7 Å². The fourth-order valence-corrected chi connectivity index (χ4v) is 5.18. The third-order valence-corrected chi connectivity index (χ3v) is 7.57. The molecule has 0 bridgehead atoms. The van der Waals surface area contributed by atoms with Gasteiger partial charge in [-0.1, -0.05) is 23.7 Å². The minimum Gasteiger partial charge on any atom is -0.371 e. The summed E-state index contributed by atoms with van der Waals surface area (Å²) in [7, 11) is 0. The molecule has 5 rings (SSSR count). The van der Waals surface area contributed by atoms with Crippen molar-refractivity contribution in [2.24, 2.45) is 5.92 Å². The second kappa shape index (κ2) is 12.3. The van der Waals surface area contributed by atoms with Gasteiger partial charge >= 0.3 is 0 Å². The van der Waals surface area contributed by atoms with E-state index >= 15 is 0 Å². The molecule has 3 heterocycles. The fraction of sp³-hybridized carbons (Fsp3) is 0.267. The van der Waals surface area contributed by atoms with Crippen molar-refractivity contribution in [3.8, 4) is 5.69 Å². The fourth-order valence-electron chi connectivity index (χ4n) is 4.96. The highest BCUT2D eigenvalue weighted by Crippen LogP contribution is 2.27. The Morgan fingerprint density at radius 1 is 0.975 bits per heavy atom. The molecule has 1 fully saturated rings. The zero-order chi connectivity index (χ0) is 28.1. The Morgan fingerprint density at radius 3 is 2.38 bits per heavy atom. The normalized spacial score (nSPS) is 13.7. The molecule has 0 atom stereocenters. The number of carbonyl (C=O) groups is 2. The van der Waals surface area contributed by atoms with Crippen LogP contribution in [0.3, 0.4) is 0 Å². The Hall–Kier alpha value is -4.24.